The van der Waals surface area contributed by atoms with Gasteiger partial charge in [0.15, 0.2) is 0 Å². The molecule has 0 unspecified atom stereocenters. The number of nitrogens with one attached hydrogen (secondary N) is 2. The maximum atomic E-state index is 13.1. The van der Waals surface area contributed by atoms with Crippen LogP contribution >= 0.6 is 0 Å². The second-order valence-electron chi connectivity index (χ2n) is 5.42. The second-order valence-corrected chi connectivity index (χ2v) is 5.42. The Morgan fingerprint density at radius 2 is 2.30 bits per heavy atom. The van der Waals surface area contributed by atoms with Crippen LogP contribution in [0, 0.1) is 5.82 Å². The van der Waals surface area contributed by atoms with Crippen LogP contribution in [0.15, 0.2) is 18.2 Å². The monoisotopic (exact) mass is 278 g/mol. The number of hydrogen-bond donors (Lipinski definition) is 2. The third kappa shape index (κ3) is 2.93. The highest BCUT2D eigenvalue weighted by atomic mass is 19.1. The van der Waals surface area contributed by atoms with E-state index in [0.717, 1.165) is 43.4 Å². The van der Waals surface area contributed by atoms with Gasteiger partial charge in [-0.05, 0) is 48.9 Å². The Balaban J connectivity index is 1.52. The van der Waals surface area contributed by atoms with Crippen LogP contribution in [0.1, 0.15) is 36.4 Å². The third-order valence-corrected chi connectivity index (χ3v) is 4.00. The van der Waals surface area contributed by atoms with E-state index in [4.69, 9.17) is 4.74 Å². The van der Waals surface area contributed by atoms with Gasteiger partial charge in [-0.1, -0.05) is 6.07 Å². The zero-order chi connectivity index (χ0) is 13.9. The molecule has 3 rings (SSSR count). The van der Waals surface area contributed by atoms with Gasteiger partial charge in [-0.3, -0.25) is 0 Å². The highest BCUT2D eigenvalue weighted by Gasteiger charge is 2.24. The molecule has 20 heavy (non-hydrogen) atoms. The largest absolute Gasteiger partial charge is 0.376 e. The van der Waals surface area contributed by atoms with E-state index >= 15 is 0 Å². The lowest BCUT2D eigenvalue weighted by Gasteiger charge is -2.16. The van der Waals surface area contributed by atoms with Gasteiger partial charge in [0.2, 0.25) is 0 Å². The predicted octanol–water partition coefficient (Wildman–Crippen LogP) is 2.29. The number of benzene rings is 1. The van der Waals surface area contributed by atoms with Crippen LogP contribution in [-0.2, 0) is 11.2 Å². The predicted molar refractivity (Wildman–Crippen MR) is 73.0 cm³/mol. The molecule has 1 aromatic carbocycles. The molecular weight excluding hydrogens is 259 g/mol. The Labute approximate surface area is 117 Å². The maximum absolute atomic E-state index is 13.1. The molecule has 0 saturated carbocycles. The van der Waals surface area contributed by atoms with E-state index in [9.17, 15) is 9.18 Å². The van der Waals surface area contributed by atoms with Gasteiger partial charge in [-0.2, -0.15) is 0 Å². The lowest BCUT2D eigenvalue weighted by molar-refractivity contribution is 0.111. The molecule has 0 aromatic heterocycles. The van der Waals surface area contributed by atoms with Crippen molar-refractivity contribution in [3.63, 3.8) is 0 Å². The van der Waals surface area contributed by atoms with Gasteiger partial charge in [0.1, 0.15) is 5.82 Å². The number of amides is 2. The molecule has 0 bridgehead atoms. The number of carbonyl (C=O) groups excluding carboxylic acids is 1. The molecule has 1 aromatic rings. The number of ether oxygens (including phenoxy) is 1. The minimum atomic E-state index is -0.216. The normalized spacial score (nSPS) is 24.4. The van der Waals surface area contributed by atoms with Crippen molar-refractivity contribution in [1.29, 1.82) is 0 Å². The topological polar surface area (TPSA) is 50.4 Å². The van der Waals surface area contributed by atoms with Gasteiger partial charge in [0.05, 0.1) is 12.1 Å². The summed E-state index contributed by atoms with van der Waals surface area (Å²) in [5, 5.41) is 5.79. The average molecular weight is 278 g/mol. The van der Waals surface area contributed by atoms with E-state index in [2.05, 4.69) is 10.6 Å². The van der Waals surface area contributed by atoms with E-state index in [1.165, 1.54) is 6.07 Å². The number of urea groups is 1. The zero-order valence-electron chi connectivity index (χ0n) is 11.3. The van der Waals surface area contributed by atoms with E-state index in [-0.39, 0.29) is 24.0 Å². The van der Waals surface area contributed by atoms with Gasteiger partial charge < -0.3 is 15.4 Å². The number of carbonyl (C=O) groups is 1. The SMILES string of the molecule is O=C(NC[C@@H]1CCCO1)N[C@H]1CCc2cc(F)ccc21. The summed E-state index contributed by atoms with van der Waals surface area (Å²) in [6, 6.07) is 4.57. The summed E-state index contributed by atoms with van der Waals surface area (Å²) in [4.78, 5) is 11.9. The van der Waals surface area contributed by atoms with Gasteiger partial charge in [0.25, 0.3) is 0 Å². The maximum Gasteiger partial charge on any atom is 0.315 e. The molecule has 2 N–H and O–H groups in total. The van der Waals surface area contributed by atoms with Crippen molar-refractivity contribution in [2.75, 3.05) is 13.2 Å². The molecule has 2 atom stereocenters. The minimum Gasteiger partial charge on any atom is -0.376 e. The Morgan fingerprint density at radius 3 is 3.10 bits per heavy atom. The average Bonchev–Trinajstić information content (AvgIpc) is 3.06. The molecule has 1 aliphatic carbocycles. The quantitative estimate of drug-likeness (QED) is 0.891. The van der Waals surface area contributed by atoms with E-state index in [0.29, 0.717) is 6.54 Å². The number of halogens is 1. The smallest absolute Gasteiger partial charge is 0.315 e. The first-order chi connectivity index (χ1) is 9.72. The van der Waals surface area contributed by atoms with Crippen LogP contribution in [0.25, 0.3) is 0 Å². The fourth-order valence-electron chi connectivity index (χ4n) is 2.96. The van der Waals surface area contributed by atoms with Crippen molar-refractivity contribution < 1.29 is 13.9 Å². The fourth-order valence-corrected chi connectivity index (χ4v) is 2.96. The van der Waals surface area contributed by atoms with Gasteiger partial charge >= 0.3 is 6.03 Å². The van der Waals surface area contributed by atoms with Crippen molar-refractivity contribution in [2.24, 2.45) is 0 Å². The zero-order valence-corrected chi connectivity index (χ0v) is 11.3. The van der Waals surface area contributed by atoms with Crippen molar-refractivity contribution in [3.8, 4) is 0 Å². The highest BCUT2D eigenvalue weighted by Crippen LogP contribution is 2.31. The fraction of sp³-hybridized carbons (Fsp3) is 0.533. The molecule has 0 spiro atoms. The number of hydrogen-bond acceptors (Lipinski definition) is 2. The molecule has 1 fully saturated rings. The summed E-state index contributed by atoms with van der Waals surface area (Å²) in [5.41, 5.74) is 2.02. The number of rotatable bonds is 3. The standard InChI is InChI=1S/C15H19FN2O2/c16-11-4-5-13-10(8-11)3-6-14(13)18-15(19)17-9-12-2-1-7-20-12/h4-5,8,12,14H,1-3,6-7,9H2,(H2,17,18,19)/t12-,14-/m0/s1. The van der Waals surface area contributed by atoms with Crippen LogP contribution in [0.4, 0.5) is 9.18 Å². The first kappa shape index (κ1) is 13.4. The Hall–Kier alpha value is -1.62. The van der Waals surface area contributed by atoms with Crippen LogP contribution in [0.2, 0.25) is 0 Å². The summed E-state index contributed by atoms with van der Waals surface area (Å²) in [5.74, 6) is -0.216. The molecule has 5 heteroatoms. The van der Waals surface area contributed by atoms with Crippen LogP contribution in [-0.4, -0.2) is 25.3 Å². The summed E-state index contributed by atoms with van der Waals surface area (Å²) < 4.78 is 18.6. The number of aryl methyl sites for hydroxylation is 1. The molecular formula is C15H19FN2O2. The molecule has 1 heterocycles. The van der Waals surface area contributed by atoms with Crippen molar-refractivity contribution in [1.82, 2.24) is 10.6 Å². The molecule has 4 nitrogen and oxygen atoms in total. The van der Waals surface area contributed by atoms with Crippen molar-refractivity contribution in [2.45, 2.75) is 37.8 Å². The summed E-state index contributed by atoms with van der Waals surface area (Å²) in [6.45, 7) is 1.34. The van der Waals surface area contributed by atoms with E-state index in [1.54, 1.807) is 12.1 Å². The molecule has 108 valence electrons. The first-order valence-electron chi connectivity index (χ1n) is 7.16. The van der Waals surface area contributed by atoms with Crippen molar-refractivity contribution in [3.05, 3.63) is 35.1 Å². The third-order valence-electron chi connectivity index (χ3n) is 4.00. The van der Waals surface area contributed by atoms with Crippen LogP contribution < -0.4 is 10.6 Å². The van der Waals surface area contributed by atoms with Gasteiger partial charge in [-0.25, -0.2) is 9.18 Å². The molecule has 1 saturated heterocycles. The molecule has 2 amide bonds. The summed E-state index contributed by atoms with van der Waals surface area (Å²) in [6.07, 6.45) is 3.85. The first-order valence-corrected chi connectivity index (χ1v) is 7.16. The van der Waals surface area contributed by atoms with Gasteiger partial charge in [0, 0.05) is 13.2 Å². The highest BCUT2D eigenvalue weighted by molar-refractivity contribution is 5.74. The summed E-state index contributed by atoms with van der Waals surface area (Å²) in [7, 11) is 0. The van der Waals surface area contributed by atoms with Crippen LogP contribution in [0.5, 0.6) is 0 Å². The Bertz CT molecular complexity index is 501. The van der Waals surface area contributed by atoms with E-state index in [1.807, 2.05) is 0 Å². The molecule has 2 aliphatic rings. The second kappa shape index (κ2) is 5.79. The van der Waals surface area contributed by atoms with E-state index < -0.39 is 0 Å². The summed E-state index contributed by atoms with van der Waals surface area (Å²) >= 11 is 0. The number of fused-ring (bicyclic) bond motifs is 1. The van der Waals surface area contributed by atoms with Crippen LogP contribution in [0.3, 0.4) is 0 Å². The Kier molecular flexibility index (Phi) is 3.87. The lowest BCUT2D eigenvalue weighted by atomic mass is 10.1. The lowest BCUT2D eigenvalue weighted by Crippen LogP contribution is -2.40. The van der Waals surface area contributed by atoms with Gasteiger partial charge in [-0.15, -0.1) is 0 Å². The molecule has 1 aliphatic heterocycles. The Morgan fingerprint density at radius 1 is 1.40 bits per heavy atom. The van der Waals surface area contributed by atoms with Crippen molar-refractivity contribution >= 4 is 6.03 Å². The molecule has 0 radical (unpaired) electrons. The minimum absolute atomic E-state index is 0.0184.